The van der Waals surface area contributed by atoms with E-state index >= 15 is 0 Å². The van der Waals surface area contributed by atoms with Gasteiger partial charge in [-0.1, -0.05) is 18.2 Å². The molecule has 0 radical (unpaired) electrons. The Morgan fingerprint density at radius 3 is 2.48 bits per heavy atom. The number of ether oxygens (including phenoxy) is 1. The van der Waals surface area contributed by atoms with Crippen LogP contribution in [-0.4, -0.2) is 18.0 Å². The van der Waals surface area contributed by atoms with Crippen LogP contribution in [0, 0.1) is 0 Å². The van der Waals surface area contributed by atoms with E-state index in [1.165, 1.54) is 0 Å². The summed E-state index contributed by atoms with van der Waals surface area (Å²) < 4.78 is 5.20. The van der Waals surface area contributed by atoms with Crippen molar-refractivity contribution >= 4 is 17.3 Å². The molecule has 25 heavy (non-hydrogen) atoms. The van der Waals surface area contributed by atoms with Gasteiger partial charge in [0.25, 0.3) is 5.91 Å². The van der Waals surface area contributed by atoms with Gasteiger partial charge in [-0.05, 0) is 48.5 Å². The van der Waals surface area contributed by atoms with Crippen molar-refractivity contribution < 1.29 is 9.53 Å². The molecule has 1 N–H and O–H groups in total. The monoisotopic (exact) mass is 331 g/mol. The summed E-state index contributed by atoms with van der Waals surface area (Å²) in [6.07, 6.45) is 1.35. The predicted octanol–water partition coefficient (Wildman–Crippen LogP) is 3.86. The standard InChI is InChI=1S/C20H17N3O2/c1-25-16-11-9-14(10-12-16)22-19-18-17(8-5-13-21-18)20(24)23(19)15-6-3-2-4-7-15/h2-13,19,22H,1H3/t19-/m0/s1. The summed E-state index contributed by atoms with van der Waals surface area (Å²) in [6.45, 7) is 0. The minimum absolute atomic E-state index is 0.0553. The third-order valence-corrected chi connectivity index (χ3v) is 4.23. The van der Waals surface area contributed by atoms with E-state index in [1.54, 1.807) is 24.3 Å². The minimum Gasteiger partial charge on any atom is -0.497 e. The number of amides is 1. The van der Waals surface area contributed by atoms with Crippen LogP contribution < -0.4 is 15.0 Å². The minimum atomic E-state index is -0.362. The van der Waals surface area contributed by atoms with Gasteiger partial charge in [0, 0.05) is 17.6 Å². The first kappa shape index (κ1) is 15.2. The molecule has 0 saturated carbocycles. The molecule has 0 spiro atoms. The number of carbonyl (C=O) groups excluding carboxylic acids is 1. The third kappa shape index (κ3) is 2.70. The van der Waals surface area contributed by atoms with Gasteiger partial charge in [0.2, 0.25) is 0 Å². The molecule has 0 unspecified atom stereocenters. The van der Waals surface area contributed by atoms with E-state index in [4.69, 9.17) is 4.74 Å². The highest BCUT2D eigenvalue weighted by molar-refractivity contribution is 6.11. The number of anilines is 2. The third-order valence-electron chi connectivity index (χ3n) is 4.23. The van der Waals surface area contributed by atoms with E-state index in [1.807, 2.05) is 60.7 Å². The van der Waals surface area contributed by atoms with E-state index in [2.05, 4.69) is 10.3 Å². The smallest absolute Gasteiger partial charge is 0.262 e. The molecule has 3 aromatic rings. The lowest BCUT2D eigenvalue weighted by Gasteiger charge is -2.26. The van der Waals surface area contributed by atoms with Gasteiger partial charge in [-0.15, -0.1) is 0 Å². The van der Waals surface area contributed by atoms with Gasteiger partial charge in [0.15, 0.2) is 6.17 Å². The summed E-state index contributed by atoms with van der Waals surface area (Å²) in [5.41, 5.74) is 3.07. The van der Waals surface area contributed by atoms with Crippen LogP contribution in [0.25, 0.3) is 0 Å². The van der Waals surface area contributed by atoms with Crippen molar-refractivity contribution in [2.75, 3.05) is 17.3 Å². The molecule has 1 atom stereocenters. The first-order valence-corrected chi connectivity index (χ1v) is 8.02. The number of rotatable bonds is 4. The zero-order chi connectivity index (χ0) is 17.2. The second kappa shape index (κ2) is 6.28. The molecule has 1 aliphatic heterocycles. The van der Waals surface area contributed by atoms with E-state index < -0.39 is 0 Å². The number of methoxy groups -OCH3 is 1. The Bertz CT molecular complexity index is 894. The molecule has 1 aromatic heterocycles. The predicted molar refractivity (Wildman–Crippen MR) is 96.8 cm³/mol. The van der Waals surface area contributed by atoms with Crippen molar-refractivity contribution in [3.8, 4) is 5.75 Å². The van der Waals surface area contributed by atoms with Crippen LogP contribution in [0.5, 0.6) is 5.75 Å². The van der Waals surface area contributed by atoms with Gasteiger partial charge >= 0.3 is 0 Å². The molecule has 1 aliphatic rings. The van der Waals surface area contributed by atoms with Crippen molar-refractivity contribution in [3.63, 3.8) is 0 Å². The lowest BCUT2D eigenvalue weighted by molar-refractivity contribution is 0.0993. The Morgan fingerprint density at radius 1 is 1.00 bits per heavy atom. The quantitative estimate of drug-likeness (QED) is 0.789. The summed E-state index contributed by atoms with van der Waals surface area (Å²) in [7, 11) is 1.63. The highest BCUT2D eigenvalue weighted by Crippen LogP contribution is 2.36. The average molecular weight is 331 g/mol. The fourth-order valence-electron chi connectivity index (χ4n) is 3.02. The van der Waals surface area contributed by atoms with Crippen molar-refractivity contribution in [1.29, 1.82) is 0 Å². The number of nitrogens with one attached hydrogen (secondary N) is 1. The average Bonchev–Trinajstić information content (AvgIpc) is 2.95. The summed E-state index contributed by atoms with van der Waals surface area (Å²) in [4.78, 5) is 19.1. The molecule has 5 nitrogen and oxygen atoms in total. The molecule has 4 rings (SSSR count). The maximum Gasteiger partial charge on any atom is 0.262 e. The molecule has 0 saturated heterocycles. The summed E-state index contributed by atoms with van der Waals surface area (Å²) in [5, 5.41) is 3.41. The molecular formula is C20H17N3O2. The second-order valence-electron chi connectivity index (χ2n) is 5.72. The molecule has 0 fully saturated rings. The first-order chi connectivity index (χ1) is 12.3. The van der Waals surface area contributed by atoms with Crippen molar-refractivity contribution in [3.05, 3.63) is 84.2 Å². The topological polar surface area (TPSA) is 54.5 Å². The van der Waals surface area contributed by atoms with Gasteiger partial charge in [-0.2, -0.15) is 0 Å². The number of fused-ring (bicyclic) bond motifs is 1. The molecule has 2 aromatic carbocycles. The van der Waals surface area contributed by atoms with Gasteiger partial charge in [0.1, 0.15) is 5.75 Å². The molecule has 2 heterocycles. The Hall–Kier alpha value is -3.34. The van der Waals surface area contributed by atoms with E-state index in [-0.39, 0.29) is 12.1 Å². The van der Waals surface area contributed by atoms with Gasteiger partial charge in [-0.25, -0.2) is 0 Å². The van der Waals surface area contributed by atoms with Crippen molar-refractivity contribution in [2.45, 2.75) is 6.17 Å². The van der Waals surface area contributed by atoms with Gasteiger partial charge < -0.3 is 10.1 Å². The van der Waals surface area contributed by atoms with Crippen molar-refractivity contribution in [1.82, 2.24) is 4.98 Å². The summed E-state index contributed by atoms with van der Waals surface area (Å²) in [6, 6.07) is 20.8. The molecular weight excluding hydrogens is 314 g/mol. The van der Waals surface area contributed by atoms with Crippen molar-refractivity contribution in [2.24, 2.45) is 0 Å². The van der Waals surface area contributed by atoms with Crippen LogP contribution >= 0.6 is 0 Å². The van der Waals surface area contributed by atoms with Crippen LogP contribution in [0.3, 0.4) is 0 Å². The zero-order valence-corrected chi connectivity index (χ0v) is 13.7. The maximum absolute atomic E-state index is 12.9. The van der Waals surface area contributed by atoms with Crippen LogP contribution in [0.4, 0.5) is 11.4 Å². The number of carbonyl (C=O) groups is 1. The molecule has 5 heteroatoms. The highest BCUT2D eigenvalue weighted by Gasteiger charge is 2.38. The SMILES string of the molecule is COc1ccc(N[C@@H]2c3ncccc3C(=O)N2c2ccccc2)cc1. The molecule has 0 aliphatic carbocycles. The normalized spacial score (nSPS) is 15.8. The first-order valence-electron chi connectivity index (χ1n) is 8.02. The highest BCUT2D eigenvalue weighted by atomic mass is 16.5. The molecule has 1 amide bonds. The van der Waals surface area contributed by atoms with E-state index in [0.29, 0.717) is 5.56 Å². The second-order valence-corrected chi connectivity index (χ2v) is 5.72. The molecule has 124 valence electrons. The number of hydrogen-bond donors (Lipinski definition) is 1. The fraction of sp³-hybridized carbons (Fsp3) is 0.100. The lowest BCUT2D eigenvalue weighted by Crippen LogP contribution is -2.32. The summed E-state index contributed by atoms with van der Waals surface area (Å²) in [5.74, 6) is 0.729. The Kier molecular flexibility index (Phi) is 3.82. The van der Waals surface area contributed by atoms with Crippen LogP contribution in [0.15, 0.2) is 72.9 Å². The van der Waals surface area contributed by atoms with Gasteiger partial charge in [0.05, 0.1) is 18.4 Å². The number of para-hydroxylation sites is 1. The van der Waals surface area contributed by atoms with Crippen LogP contribution in [0.1, 0.15) is 22.2 Å². The van der Waals surface area contributed by atoms with E-state index in [9.17, 15) is 4.79 Å². The summed E-state index contributed by atoms with van der Waals surface area (Å²) >= 11 is 0. The number of pyridine rings is 1. The lowest BCUT2D eigenvalue weighted by atomic mass is 10.2. The van der Waals surface area contributed by atoms with Gasteiger partial charge in [-0.3, -0.25) is 14.7 Å². The maximum atomic E-state index is 12.9. The Labute approximate surface area is 145 Å². The fourth-order valence-corrected chi connectivity index (χ4v) is 3.02. The molecule has 0 bridgehead atoms. The Balaban J connectivity index is 1.74. The van der Waals surface area contributed by atoms with Crippen LogP contribution in [0.2, 0.25) is 0 Å². The number of hydrogen-bond acceptors (Lipinski definition) is 4. The number of benzene rings is 2. The zero-order valence-electron chi connectivity index (χ0n) is 13.7. The number of aromatic nitrogens is 1. The van der Waals surface area contributed by atoms with E-state index in [0.717, 1.165) is 22.8 Å². The largest absolute Gasteiger partial charge is 0.497 e. The van der Waals surface area contributed by atoms with Crippen LogP contribution in [-0.2, 0) is 0 Å². The number of nitrogens with zero attached hydrogens (tertiary/aromatic N) is 2. The Morgan fingerprint density at radius 2 is 1.76 bits per heavy atom.